The molecule has 21 heavy (non-hydrogen) atoms. The van der Waals surface area contributed by atoms with Gasteiger partial charge in [0, 0.05) is 18.2 Å². The molecule has 0 spiro atoms. The molecule has 0 heterocycles. The van der Waals surface area contributed by atoms with Crippen LogP contribution in [0.3, 0.4) is 0 Å². The molecule has 118 valence electrons. The molecule has 2 atom stereocenters. The van der Waals surface area contributed by atoms with Crippen molar-refractivity contribution in [3.05, 3.63) is 29.3 Å². The molecule has 0 saturated heterocycles. The van der Waals surface area contributed by atoms with Crippen LogP contribution in [0.25, 0.3) is 0 Å². The molecule has 1 aromatic rings. The van der Waals surface area contributed by atoms with Gasteiger partial charge in [-0.05, 0) is 46.7 Å². The maximum atomic E-state index is 11.8. The fourth-order valence-corrected chi connectivity index (χ4v) is 2.15. The molecule has 0 fully saturated rings. The SMILES string of the molecule is CCCNC(C)c1cc(C)ccc1OC(C)C(=O)NCC. The molecular weight excluding hydrogens is 264 g/mol. The molecule has 1 amide bonds. The van der Waals surface area contributed by atoms with Crippen molar-refractivity contribution >= 4 is 5.91 Å². The molecular formula is C17H28N2O2. The van der Waals surface area contributed by atoms with Crippen molar-refractivity contribution in [2.75, 3.05) is 13.1 Å². The van der Waals surface area contributed by atoms with Crippen LogP contribution in [0.15, 0.2) is 18.2 Å². The highest BCUT2D eigenvalue weighted by Gasteiger charge is 2.17. The number of carbonyl (C=O) groups is 1. The molecule has 0 aromatic heterocycles. The first kappa shape index (κ1) is 17.5. The lowest BCUT2D eigenvalue weighted by molar-refractivity contribution is -0.127. The number of amides is 1. The van der Waals surface area contributed by atoms with E-state index >= 15 is 0 Å². The third kappa shape index (κ3) is 5.38. The van der Waals surface area contributed by atoms with Crippen LogP contribution in [-0.4, -0.2) is 25.1 Å². The van der Waals surface area contributed by atoms with Gasteiger partial charge in [0.25, 0.3) is 5.91 Å². The monoisotopic (exact) mass is 292 g/mol. The van der Waals surface area contributed by atoms with E-state index in [0.29, 0.717) is 6.54 Å². The summed E-state index contributed by atoms with van der Waals surface area (Å²) in [5.74, 6) is 0.689. The van der Waals surface area contributed by atoms with Crippen molar-refractivity contribution in [2.24, 2.45) is 0 Å². The lowest BCUT2D eigenvalue weighted by Gasteiger charge is -2.21. The number of carbonyl (C=O) groups excluding carboxylic acids is 1. The molecule has 0 aliphatic heterocycles. The average molecular weight is 292 g/mol. The Morgan fingerprint density at radius 3 is 2.62 bits per heavy atom. The van der Waals surface area contributed by atoms with Gasteiger partial charge < -0.3 is 15.4 Å². The molecule has 0 aliphatic carbocycles. The van der Waals surface area contributed by atoms with Crippen LogP contribution in [-0.2, 0) is 4.79 Å². The number of hydrogen-bond donors (Lipinski definition) is 2. The molecule has 1 aromatic carbocycles. The van der Waals surface area contributed by atoms with E-state index in [1.807, 2.05) is 19.1 Å². The number of rotatable bonds is 8. The summed E-state index contributed by atoms with van der Waals surface area (Å²) in [6.45, 7) is 11.6. The quantitative estimate of drug-likeness (QED) is 0.774. The van der Waals surface area contributed by atoms with Gasteiger partial charge in [-0.3, -0.25) is 4.79 Å². The lowest BCUT2D eigenvalue weighted by atomic mass is 10.0. The van der Waals surface area contributed by atoms with Gasteiger partial charge in [0.15, 0.2) is 6.10 Å². The van der Waals surface area contributed by atoms with Gasteiger partial charge in [-0.2, -0.15) is 0 Å². The normalized spacial score (nSPS) is 13.6. The van der Waals surface area contributed by atoms with Gasteiger partial charge in [-0.1, -0.05) is 24.6 Å². The number of ether oxygens (including phenoxy) is 1. The summed E-state index contributed by atoms with van der Waals surface area (Å²) < 4.78 is 5.86. The summed E-state index contributed by atoms with van der Waals surface area (Å²) >= 11 is 0. The maximum Gasteiger partial charge on any atom is 0.260 e. The van der Waals surface area contributed by atoms with Crippen LogP contribution in [0.2, 0.25) is 0 Å². The minimum atomic E-state index is -0.496. The van der Waals surface area contributed by atoms with Gasteiger partial charge >= 0.3 is 0 Å². The predicted octanol–water partition coefficient (Wildman–Crippen LogP) is 2.96. The number of benzene rings is 1. The Morgan fingerprint density at radius 2 is 2.00 bits per heavy atom. The minimum Gasteiger partial charge on any atom is -0.481 e. The fourth-order valence-electron chi connectivity index (χ4n) is 2.15. The zero-order valence-electron chi connectivity index (χ0n) is 13.8. The minimum absolute atomic E-state index is 0.0850. The number of hydrogen-bond acceptors (Lipinski definition) is 3. The largest absolute Gasteiger partial charge is 0.481 e. The number of aryl methyl sites for hydroxylation is 1. The second-order valence-corrected chi connectivity index (χ2v) is 5.37. The molecule has 1 rings (SSSR count). The van der Waals surface area contributed by atoms with Crippen LogP contribution in [0.5, 0.6) is 5.75 Å². The first-order chi connectivity index (χ1) is 9.99. The zero-order valence-corrected chi connectivity index (χ0v) is 13.8. The Bertz CT molecular complexity index is 460. The number of likely N-dealkylation sites (N-methyl/N-ethyl adjacent to an activating group) is 1. The molecule has 0 saturated carbocycles. The standard InChI is InChI=1S/C17H28N2O2/c1-6-10-19-13(4)15-11-12(3)8-9-16(15)21-14(5)17(20)18-7-2/h8-9,11,13-14,19H,6-7,10H2,1-5H3,(H,18,20). The third-order valence-electron chi connectivity index (χ3n) is 3.36. The average Bonchev–Trinajstić information content (AvgIpc) is 2.46. The van der Waals surface area contributed by atoms with E-state index in [0.717, 1.165) is 24.3 Å². The Balaban J connectivity index is 2.88. The predicted molar refractivity (Wildman–Crippen MR) is 86.7 cm³/mol. The molecule has 0 bridgehead atoms. The van der Waals surface area contributed by atoms with Crippen LogP contribution in [0.1, 0.15) is 51.3 Å². The van der Waals surface area contributed by atoms with E-state index < -0.39 is 6.10 Å². The highest BCUT2D eigenvalue weighted by molar-refractivity contribution is 5.80. The Hall–Kier alpha value is -1.55. The van der Waals surface area contributed by atoms with E-state index in [4.69, 9.17) is 4.74 Å². The van der Waals surface area contributed by atoms with Gasteiger partial charge in [0.2, 0.25) is 0 Å². The maximum absolute atomic E-state index is 11.8. The summed E-state index contributed by atoms with van der Waals surface area (Å²) in [5.41, 5.74) is 2.28. The molecule has 2 N–H and O–H groups in total. The van der Waals surface area contributed by atoms with Crippen LogP contribution < -0.4 is 15.4 Å². The van der Waals surface area contributed by atoms with Gasteiger partial charge in [-0.15, -0.1) is 0 Å². The van der Waals surface area contributed by atoms with E-state index in [1.165, 1.54) is 5.56 Å². The number of nitrogens with one attached hydrogen (secondary N) is 2. The van der Waals surface area contributed by atoms with Crippen molar-refractivity contribution in [1.29, 1.82) is 0 Å². The Kier molecular flexibility index (Phi) is 7.23. The van der Waals surface area contributed by atoms with Crippen molar-refractivity contribution in [1.82, 2.24) is 10.6 Å². The lowest BCUT2D eigenvalue weighted by Crippen LogP contribution is -2.36. The van der Waals surface area contributed by atoms with E-state index in [-0.39, 0.29) is 11.9 Å². The van der Waals surface area contributed by atoms with E-state index in [2.05, 4.69) is 37.5 Å². The first-order valence-corrected chi connectivity index (χ1v) is 7.77. The highest BCUT2D eigenvalue weighted by atomic mass is 16.5. The summed E-state index contributed by atoms with van der Waals surface area (Å²) in [6, 6.07) is 6.27. The molecule has 0 aliphatic rings. The summed E-state index contributed by atoms with van der Waals surface area (Å²) in [7, 11) is 0. The summed E-state index contributed by atoms with van der Waals surface area (Å²) in [4.78, 5) is 11.8. The zero-order chi connectivity index (χ0) is 15.8. The molecule has 4 nitrogen and oxygen atoms in total. The van der Waals surface area contributed by atoms with Crippen molar-refractivity contribution in [2.45, 2.75) is 53.2 Å². The van der Waals surface area contributed by atoms with E-state index in [9.17, 15) is 4.79 Å². The molecule has 0 radical (unpaired) electrons. The van der Waals surface area contributed by atoms with Gasteiger partial charge in [-0.25, -0.2) is 0 Å². The van der Waals surface area contributed by atoms with E-state index in [1.54, 1.807) is 6.92 Å². The second-order valence-electron chi connectivity index (χ2n) is 5.37. The van der Waals surface area contributed by atoms with Crippen molar-refractivity contribution < 1.29 is 9.53 Å². The van der Waals surface area contributed by atoms with Crippen molar-refractivity contribution in [3.63, 3.8) is 0 Å². The van der Waals surface area contributed by atoms with Crippen LogP contribution in [0, 0.1) is 6.92 Å². The second kappa shape index (κ2) is 8.67. The van der Waals surface area contributed by atoms with Gasteiger partial charge in [0.05, 0.1) is 0 Å². The van der Waals surface area contributed by atoms with Crippen molar-refractivity contribution in [3.8, 4) is 5.75 Å². The third-order valence-corrected chi connectivity index (χ3v) is 3.36. The summed E-state index contributed by atoms with van der Waals surface area (Å²) in [6.07, 6.45) is 0.589. The van der Waals surface area contributed by atoms with Crippen LogP contribution in [0.4, 0.5) is 0 Å². The topological polar surface area (TPSA) is 50.4 Å². The Labute approximate surface area is 128 Å². The Morgan fingerprint density at radius 1 is 1.29 bits per heavy atom. The molecule has 4 heteroatoms. The first-order valence-electron chi connectivity index (χ1n) is 7.77. The smallest absolute Gasteiger partial charge is 0.260 e. The molecule has 2 unspecified atom stereocenters. The van der Waals surface area contributed by atoms with Gasteiger partial charge in [0.1, 0.15) is 5.75 Å². The fraction of sp³-hybridized carbons (Fsp3) is 0.588. The summed E-state index contributed by atoms with van der Waals surface area (Å²) in [5, 5.41) is 6.24. The highest BCUT2D eigenvalue weighted by Crippen LogP contribution is 2.27. The van der Waals surface area contributed by atoms with Crippen LogP contribution >= 0.6 is 0 Å².